The van der Waals surface area contributed by atoms with Gasteiger partial charge in [0.1, 0.15) is 6.04 Å². The van der Waals surface area contributed by atoms with E-state index in [4.69, 9.17) is 9.47 Å². The number of hydrogen-bond donors (Lipinski definition) is 3. The van der Waals surface area contributed by atoms with Gasteiger partial charge in [0.05, 0.1) is 23.7 Å². The van der Waals surface area contributed by atoms with Gasteiger partial charge in [0.15, 0.2) is 6.29 Å². The van der Waals surface area contributed by atoms with Gasteiger partial charge in [-0.05, 0) is 65.4 Å². The maximum absolute atomic E-state index is 13.8. The highest BCUT2D eigenvalue weighted by atomic mass is 32.2. The second kappa shape index (κ2) is 19.5. The summed E-state index contributed by atoms with van der Waals surface area (Å²) in [6.45, 7) is 6.13. The average Bonchev–Trinajstić information content (AvgIpc) is 3.25. The Bertz CT molecular complexity index is 2300. The maximum Gasteiger partial charge on any atom is 0.242 e. The molecule has 0 aliphatic carbocycles. The Morgan fingerprint density at radius 2 is 1.22 bits per heavy atom. The lowest BCUT2D eigenvalue weighted by Gasteiger charge is -2.43. The third-order valence-electron chi connectivity index (χ3n) is 10.7. The summed E-state index contributed by atoms with van der Waals surface area (Å²) in [5.41, 5.74) is 7.26. The Morgan fingerprint density at radius 3 is 1.78 bits per heavy atom. The van der Waals surface area contributed by atoms with Crippen molar-refractivity contribution < 1.29 is 27.8 Å². The van der Waals surface area contributed by atoms with Gasteiger partial charge < -0.3 is 19.9 Å². The molecule has 0 aromatic heterocycles. The Balaban J connectivity index is 1.12. The molecule has 5 atom stereocenters. The summed E-state index contributed by atoms with van der Waals surface area (Å²) >= 11 is 0. The van der Waals surface area contributed by atoms with Crippen LogP contribution in [0.15, 0.2) is 169 Å². The van der Waals surface area contributed by atoms with Crippen LogP contribution in [0.25, 0.3) is 0 Å². The second-order valence-corrected chi connectivity index (χ2v) is 17.0. The number of sulfonamides is 1. The first-order valence-electron chi connectivity index (χ1n) is 20.0. The van der Waals surface area contributed by atoms with Crippen molar-refractivity contribution >= 4 is 21.6 Å². The third kappa shape index (κ3) is 11.2. The maximum atomic E-state index is 13.8. The van der Waals surface area contributed by atoms with Crippen LogP contribution in [-0.4, -0.2) is 43.0 Å². The van der Waals surface area contributed by atoms with E-state index in [1.54, 1.807) is 24.3 Å². The van der Waals surface area contributed by atoms with E-state index in [1.165, 1.54) is 23.3 Å². The zero-order chi connectivity index (χ0) is 41.2. The van der Waals surface area contributed by atoms with Crippen molar-refractivity contribution in [3.63, 3.8) is 0 Å². The summed E-state index contributed by atoms with van der Waals surface area (Å²) < 4.78 is 43.1. The number of nitrogens with zero attached hydrogens (tertiary/aromatic N) is 1. The van der Waals surface area contributed by atoms with Crippen molar-refractivity contribution in [1.82, 2.24) is 9.62 Å². The molecule has 1 aliphatic rings. The molecule has 304 valence electrons. The summed E-state index contributed by atoms with van der Waals surface area (Å²) in [6, 6.07) is 50.8. The highest BCUT2D eigenvalue weighted by Gasteiger charge is 2.39. The van der Waals surface area contributed by atoms with Gasteiger partial charge >= 0.3 is 0 Å². The van der Waals surface area contributed by atoms with Gasteiger partial charge in [0.25, 0.3) is 0 Å². The predicted molar refractivity (Wildman–Crippen MR) is 230 cm³/mol. The van der Waals surface area contributed by atoms with E-state index in [9.17, 15) is 18.3 Å². The standard InChI is InChI=1S/C49H51N3O6S/c1-35-18-28-44(29-19-35)59(55,56)51-45(30-37-12-6-3-7-13-37)48(54)50-43-26-24-42(25-27-43)49-57-46(36(2)47(58-49)41-22-20-40(34-53)21-23-41)33-52(31-38-14-8-4-9-15-38)32-39-16-10-5-11-17-39/h3-29,36,45-47,49,51,53H,30-34H2,1-2H3,(H,50,54)/t36-,45-,46+,47+,49+/m1/s1. The number of carbonyl (C=O) groups excluding carboxylic acids is 1. The van der Waals surface area contributed by atoms with Crippen molar-refractivity contribution in [2.24, 2.45) is 5.92 Å². The lowest BCUT2D eigenvalue weighted by atomic mass is 9.89. The summed E-state index contributed by atoms with van der Waals surface area (Å²) in [5, 5.41) is 12.7. The third-order valence-corrected chi connectivity index (χ3v) is 12.2. The number of nitrogens with one attached hydrogen (secondary N) is 2. The van der Waals surface area contributed by atoms with E-state index < -0.39 is 28.3 Å². The van der Waals surface area contributed by atoms with Crippen molar-refractivity contribution in [2.75, 3.05) is 11.9 Å². The van der Waals surface area contributed by atoms with Gasteiger partial charge in [0, 0.05) is 36.8 Å². The van der Waals surface area contributed by atoms with Crippen LogP contribution >= 0.6 is 0 Å². The largest absolute Gasteiger partial charge is 0.392 e. The lowest BCUT2D eigenvalue weighted by molar-refractivity contribution is -0.276. The molecule has 9 nitrogen and oxygen atoms in total. The predicted octanol–water partition coefficient (Wildman–Crippen LogP) is 8.51. The summed E-state index contributed by atoms with van der Waals surface area (Å²) in [5.74, 6) is -0.510. The van der Waals surface area contributed by atoms with Gasteiger partial charge in [-0.1, -0.05) is 152 Å². The van der Waals surface area contributed by atoms with Crippen LogP contribution in [0.4, 0.5) is 5.69 Å². The molecule has 0 spiro atoms. The van der Waals surface area contributed by atoms with Crippen molar-refractivity contribution in [1.29, 1.82) is 0 Å². The molecule has 0 bridgehead atoms. The second-order valence-electron chi connectivity index (χ2n) is 15.3. The molecular formula is C49H51N3O6S. The summed E-state index contributed by atoms with van der Waals surface area (Å²) in [4.78, 5) is 16.4. The highest BCUT2D eigenvalue weighted by molar-refractivity contribution is 7.89. The smallest absolute Gasteiger partial charge is 0.242 e. The van der Waals surface area contributed by atoms with Crippen molar-refractivity contribution in [2.45, 2.75) is 69.4 Å². The van der Waals surface area contributed by atoms with E-state index >= 15 is 0 Å². The average molecular weight is 810 g/mol. The van der Waals surface area contributed by atoms with E-state index in [0.717, 1.165) is 40.9 Å². The molecule has 0 radical (unpaired) electrons. The van der Waals surface area contributed by atoms with Crippen LogP contribution in [0.3, 0.4) is 0 Å². The first-order chi connectivity index (χ1) is 28.6. The SMILES string of the molecule is Cc1ccc(S(=O)(=O)N[C@H](Cc2ccccc2)C(=O)Nc2ccc([C@H]3O[C@@H](CN(Cc4ccccc4)Cc4ccccc4)[C@@H](C)[C@@H](c4ccc(CO)cc4)O3)cc2)cc1. The van der Waals surface area contributed by atoms with Gasteiger partial charge in [-0.15, -0.1) is 0 Å². The minimum atomic E-state index is -4.00. The molecular weight excluding hydrogens is 759 g/mol. The number of aliphatic hydroxyl groups is 1. The lowest BCUT2D eigenvalue weighted by Crippen LogP contribution is -2.45. The fourth-order valence-corrected chi connectivity index (χ4v) is 8.61. The Morgan fingerprint density at radius 1 is 0.678 bits per heavy atom. The molecule has 1 amide bonds. The van der Waals surface area contributed by atoms with Crippen molar-refractivity contribution in [3.05, 3.63) is 203 Å². The van der Waals surface area contributed by atoms with Gasteiger partial charge in [-0.3, -0.25) is 9.69 Å². The van der Waals surface area contributed by atoms with Crippen LogP contribution < -0.4 is 10.0 Å². The summed E-state index contributed by atoms with van der Waals surface area (Å²) in [7, 11) is -4.00. The molecule has 10 heteroatoms. The first kappa shape index (κ1) is 41.7. The number of benzene rings is 6. The van der Waals surface area contributed by atoms with Crippen LogP contribution in [0, 0.1) is 12.8 Å². The Hall–Kier alpha value is -5.46. The fraction of sp³-hybridized carbons (Fsp3) is 0.245. The van der Waals surface area contributed by atoms with E-state index in [2.05, 4.69) is 70.4 Å². The minimum Gasteiger partial charge on any atom is -0.392 e. The molecule has 59 heavy (non-hydrogen) atoms. The van der Waals surface area contributed by atoms with E-state index in [1.807, 2.05) is 85.8 Å². The summed E-state index contributed by atoms with van der Waals surface area (Å²) in [6.07, 6.45) is -1.08. The topological polar surface area (TPSA) is 117 Å². The van der Waals surface area contributed by atoms with Gasteiger partial charge in [-0.25, -0.2) is 8.42 Å². The zero-order valence-electron chi connectivity index (χ0n) is 33.4. The normalized spacial score (nSPS) is 18.6. The van der Waals surface area contributed by atoms with Crippen molar-refractivity contribution in [3.8, 4) is 0 Å². The van der Waals surface area contributed by atoms with Gasteiger partial charge in [-0.2, -0.15) is 4.72 Å². The molecule has 0 saturated carbocycles. The first-order valence-corrected chi connectivity index (χ1v) is 21.5. The number of anilines is 1. The molecule has 3 N–H and O–H groups in total. The monoisotopic (exact) mass is 809 g/mol. The molecule has 1 fully saturated rings. The minimum absolute atomic E-state index is 0.0240. The number of hydrogen-bond acceptors (Lipinski definition) is 7. The Labute approximate surface area is 347 Å². The number of aliphatic hydroxyl groups excluding tert-OH is 1. The number of carbonyl (C=O) groups is 1. The van der Waals surface area contributed by atoms with Crippen LogP contribution in [0.1, 0.15) is 58.3 Å². The molecule has 6 aromatic rings. The number of aryl methyl sites for hydroxylation is 1. The fourth-order valence-electron chi connectivity index (χ4n) is 7.41. The molecule has 6 aromatic carbocycles. The van der Waals surface area contributed by atoms with Crippen LogP contribution in [-0.2, 0) is 50.4 Å². The Kier molecular flexibility index (Phi) is 13.8. The van der Waals surface area contributed by atoms with Crippen LogP contribution in [0.5, 0.6) is 0 Å². The molecule has 1 aliphatic heterocycles. The van der Waals surface area contributed by atoms with Crippen LogP contribution in [0.2, 0.25) is 0 Å². The molecule has 1 heterocycles. The van der Waals surface area contributed by atoms with Gasteiger partial charge in [0.2, 0.25) is 15.9 Å². The zero-order valence-corrected chi connectivity index (χ0v) is 34.2. The number of ether oxygens (including phenoxy) is 2. The molecule has 7 rings (SSSR count). The van der Waals surface area contributed by atoms with E-state index in [0.29, 0.717) is 12.2 Å². The molecule has 1 saturated heterocycles. The quantitative estimate of drug-likeness (QED) is 0.0898. The highest BCUT2D eigenvalue weighted by Crippen LogP contribution is 2.42. The molecule has 0 unspecified atom stereocenters. The van der Waals surface area contributed by atoms with E-state index in [-0.39, 0.29) is 36.0 Å². The number of amides is 1. The number of rotatable bonds is 16.